The molecule has 1 atom stereocenters. The molecule has 1 aliphatic heterocycles. The summed E-state index contributed by atoms with van der Waals surface area (Å²) in [5, 5.41) is 9.29. The predicted molar refractivity (Wildman–Crippen MR) is 84.7 cm³/mol. The number of carboxylic acids is 1. The van der Waals surface area contributed by atoms with Crippen LogP contribution in [0, 0.1) is 5.82 Å². The van der Waals surface area contributed by atoms with E-state index in [0.717, 1.165) is 0 Å². The maximum Gasteiger partial charge on any atom is 0.312 e. The van der Waals surface area contributed by atoms with Crippen molar-refractivity contribution in [3.8, 4) is 0 Å². The number of fused-ring (bicyclic) bond motifs is 1. The Morgan fingerprint density at radius 1 is 1.18 bits per heavy atom. The molecule has 0 fully saturated rings. The second-order valence-corrected chi connectivity index (χ2v) is 6.61. The molecule has 7 heteroatoms. The Morgan fingerprint density at radius 3 is 2.41 bits per heavy atom. The standard InChI is InChI=1S/C15H10Br2FNO3/c16-10-11(17)13(14(20)7-1-3-8(18)4-2-7)19-6-5-9(12(10)19)15(21)22/h1-4,9H,5-6H2,(H,21,22). The third kappa shape index (κ3) is 2.32. The fourth-order valence-electron chi connectivity index (χ4n) is 2.74. The summed E-state index contributed by atoms with van der Waals surface area (Å²) in [7, 11) is 0. The van der Waals surface area contributed by atoms with E-state index in [9.17, 15) is 19.1 Å². The van der Waals surface area contributed by atoms with Gasteiger partial charge in [-0.15, -0.1) is 0 Å². The molecule has 1 aliphatic rings. The number of carboxylic acid groups (broad SMARTS) is 1. The fourth-order valence-corrected chi connectivity index (χ4v) is 4.02. The van der Waals surface area contributed by atoms with Gasteiger partial charge in [0.15, 0.2) is 0 Å². The molecule has 3 rings (SSSR count). The second kappa shape index (κ2) is 5.62. The lowest BCUT2D eigenvalue weighted by Crippen LogP contribution is -2.10. The summed E-state index contributed by atoms with van der Waals surface area (Å²) in [6.45, 7) is 0.457. The number of aliphatic carboxylic acids is 1. The molecule has 0 amide bonds. The molecule has 4 nitrogen and oxygen atoms in total. The summed E-state index contributed by atoms with van der Waals surface area (Å²) in [5.41, 5.74) is 1.33. The summed E-state index contributed by atoms with van der Waals surface area (Å²) in [5.74, 6) is -2.24. The maximum absolute atomic E-state index is 13.0. The quantitative estimate of drug-likeness (QED) is 0.750. The zero-order valence-electron chi connectivity index (χ0n) is 11.1. The summed E-state index contributed by atoms with van der Waals surface area (Å²) in [4.78, 5) is 24.0. The summed E-state index contributed by atoms with van der Waals surface area (Å²) < 4.78 is 15.8. The number of hydrogen-bond donors (Lipinski definition) is 1. The normalized spacial score (nSPS) is 16.6. The SMILES string of the molecule is O=C(c1ccc(F)cc1)c1c(Br)c(Br)c2n1CCC2C(=O)O. The third-order valence-electron chi connectivity index (χ3n) is 3.78. The fraction of sp³-hybridized carbons (Fsp3) is 0.200. The number of rotatable bonds is 3. The van der Waals surface area contributed by atoms with E-state index >= 15 is 0 Å². The summed E-state index contributed by atoms with van der Waals surface area (Å²) in [6.07, 6.45) is 0.445. The number of benzene rings is 1. The molecule has 1 N–H and O–H groups in total. The summed E-state index contributed by atoms with van der Waals surface area (Å²) >= 11 is 6.73. The zero-order chi connectivity index (χ0) is 16.0. The van der Waals surface area contributed by atoms with E-state index in [1.54, 1.807) is 4.57 Å². The van der Waals surface area contributed by atoms with Crippen molar-refractivity contribution in [2.75, 3.05) is 0 Å². The van der Waals surface area contributed by atoms with Crippen molar-refractivity contribution in [1.82, 2.24) is 4.57 Å². The van der Waals surface area contributed by atoms with Crippen molar-refractivity contribution in [1.29, 1.82) is 0 Å². The highest BCUT2D eigenvalue weighted by Crippen LogP contribution is 2.43. The Balaban J connectivity index is 2.11. The molecular weight excluding hydrogens is 421 g/mol. The molecule has 1 aromatic carbocycles. The van der Waals surface area contributed by atoms with E-state index in [1.165, 1.54) is 24.3 Å². The number of hydrogen-bond acceptors (Lipinski definition) is 2. The largest absolute Gasteiger partial charge is 0.481 e. The Morgan fingerprint density at radius 2 is 1.82 bits per heavy atom. The molecule has 2 aromatic rings. The molecule has 2 heterocycles. The molecule has 0 bridgehead atoms. The molecule has 114 valence electrons. The highest BCUT2D eigenvalue weighted by atomic mass is 79.9. The Bertz CT molecular complexity index is 783. The molecule has 1 aromatic heterocycles. The van der Waals surface area contributed by atoms with Gasteiger partial charge in [-0.2, -0.15) is 0 Å². The van der Waals surface area contributed by atoms with Crippen molar-refractivity contribution in [2.45, 2.75) is 18.9 Å². The minimum Gasteiger partial charge on any atom is -0.481 e. The molecule has 1 unspecified atom stereocenters. The van der Waals surface area contributed by atoms with Crippen LogP contribution in [0.5, 0.6) is 0 Å². The molecule has 0 saturated carbocycles. The van der Waals surface area contributed by atoms with Gasteiger partial charge < -0.3 is 9.67 Å². The zero-order valence-corrected chi connectivity index (χ0v) is 14.3. The van der Waals surface area contributed by atoms with E-state index in [0.29, 0.717) is 38.9 Å². The van der Waals surface area contributed by atoms with Crippen molar-refractivity contribution in [2.24, 2.45) is 0 Å². The number of nitrogens with zero attached hydrogens (tertiary/aromatic N) is 1. The number of aromatic nitrogens is 1. The smallest absolute Gasteiger partial charge is 0.312 e. The first-order valence-electron chi connectivity index (χ1n) is 6.52. The Hall–Kier alpha value is -1.47. The lowest BCUT2D eigenvalue weighted by Gasteiger charge is -2.06. The van der Waals surface area contributed by atoms with Crippen LogP contribution < -0.4 is 0 Å². The van der Waals surface area contributed by atoms with E-state index in [2.05, 4.69) is 31.9 Å². The molecule has 0 aliphatic carbocycles. The number of carbonyl (C=O) groups excluding carboxylic acids is 1. The van der Waals surface area contributed by atoms with Crippen molar-refractivity contribution < 1.29 is 19.1 Å². The predicted octanol–water partition coefficient (Wildman–Crippen LogP) is 3.96. The van der Waals surface area contributed by atoms with Gasteiger partial charge in [-0.1, -0.05) is 0 Å². The first-order chi connectivity index (χ1) is 10.4. The van der Waals surface area contributed by atoms with Crippen molar-refractivity contribution >= 4 is 43.6 Å². The summed E-state index contributed by atoms with van der Waals surface area (Å²) in [6, 6.07) is 5.29. The maximum atomic E-state index is 13.0. The van der Waals surface area contributed by atoms with Crippen LogP contribution >= 0.6 is 31.9 Å². The molecule has 0 spiro atoms. The van der Waals surface area contributed by atoms with Gasteiger partial charge in [0.2, 0.25) is 5.78 Å². The van der Waals surface area contributed by atoms with Crippen LogP contribution in [-0.4, -0.2) is 21.4 Å². The number of halogens is 3. The van der Waals surface area contributed by atoms with Gasteiger partial charge >= 0.3 is 5.97 Å². The highest BCUT2D eigenvalue weighted by Gasteiger charge is 2.37. The van der Waals surface area contributed by atoms with Gasteiger partial charge in [-0.3, -0.25) is 9.59 Å². The second-order valence-electron chi connectivity index (χ2n) is 5.03. The van der Waals surface area contributed by atoms with Gasteiger partial charge in [-0.05, 0) is 62.5 Å². The van der Waals surface area contributed by atoms with Crippen molar-refractivity contribution in [3.63, 3.8) is 0 Å². The van der Waals surface area contributed by atoms with Gasteiger partial charge in [0.1, 0.15) is 11.5 Å². The van der Waals surface area contributed by atoms with Crippen LogP contribution in [-0.2, 0) is 11.3 Å². The van der Waals surface area contributed by atoms with Crippen LogP contribution in [0.3, 0.4) is 0 Å². The van der Waals surface area contributed by atoms with Gasteiger partial charge in [0.25, 0.3) is 0 Å². The van der Waals surface area contributed by atoms with E-state index in [1.807, 2.05) is 0 Å². The third-order valence-corrected chi connectivity index (χ3v) is 5.88. The monoisotopic (exact) mass is 429 g/mol. The average Bonchev–Trinajstić information content (AvgIpc) is 3.00. The first-order valence-corrected chi connectivity index (χ1v) is 8.11. The number of carbonyl (C=O) groups is 2. The Labute approximate surface area is 142 Å². The van der Waals surface area contributed by atoms with Crippen LogP contribution in [0.2, 0.25) is 0 Å². The number of ketones is 1. The minimum absolute atomic E-state index is 0.273. The topological polar surface area (TPSA) is 59.3 Å². The van der Waals surface area contributed by atoms with Gasteiger partial charge in [0, 0.05) is 17.8 Å². The molecule has 0 radical (unpaired) electrons. The molecular formula is C15H10Br2FNO3. The lowest BCUT2D eigenvalue weighted by molar-refractivity contribution is -0.138. The van der Waals surface area contributed by atoms with Gasteiger partial charge in [0.05, 0.1) is 14.9 Å². The minimum atomic E-state index is -0.912. The van der Waals surface area contributed by atoms with E-state index < -0.39 is 17.7 Å². The average molecular weight is 431 g/mol. The molecule has 22 heavy (non-hydrogen) atoms. The van der Waals surface area contributed by atoms with Crippen LogP contribution in [0.4, 0.5) is 4.39 Å². The van der Waals surface area contributed by atoms with Gasteiger partial charge in [-0.25, -0.2) is 4.39 Å². The van der Waals surface area contributed by atoms with Crippen LogP contribution in [0.1, 0.15) is 34.1 Å². The van der Waals surface area contributed by atoms with Crippen LogP contribution in [0.25, 0.3) is 0 Å². The van der Waals surface area contributed by atoms with E-state index in [-0.39, 0.29) is 5.78 Å². The van der Waals surface area contributed by atoms with E-state index in [4.69, 9.17) is 0 Å². The first kappa shape index (κ1) is 15.4. The lowest BCUT2D eigenvalue weighted by atomic mass is 10.1. The van der Waals surface area contributed by atoms with Crippen LogP contribution in [0.15, 0.2) is 33.2 Å². The molecule has 0 saturated heterocycles. The Kier molecular flexibility index (Phi) is 3.94. The van der Waals surface area contributed by atoms with Crippen molar-refractivity contribution in [3.05, 3.63) is 56.0 Å². The highest BCUT2D eigenvalue weighted by molar-refractivity contribution is 9.13.